The topological polar surface area (TPSA) is 69.7 Å². The molecule has 0 aliphatic carbocycles. The number of benzene rings is 1. The molecule has 0 unspecified atom stereocenters. The fourth-order valence-electron chi connectivity index (χ4n) is 3.76. The Morgan fingerprint density at radius 1 is 1.00 bits per heavy atom. The van der Waals surface area contributed by atoms with E-state index in [1.54, 1.807) is 8.61 Å². The van der Waals surface area contributed by atoms with Gasteiger partial charge in [0.2, 0.25) is 5.91 Å². The lowest BCUT2D eigenvalue weighted by Crippen LogP contribution is -2.50. The van der Waals surface area contributed by atoms with Gasteiger partial charge < -0.3 is 5.32 Å². The standard InChI is InChI=1S/C19H29N3O3S/c1-16(17-8-4-2-5-9-17)20-19(23)18-10-14-22(15-11-18)26(24,25)21-12-6-3-7-13-21/h2,4-5,8-9,16,18H,3,6-7,10-15H2,1H3,(H,20,23)/t16-/m0/s1. The van der Waals surface area contributed by atoms with E-state index in [1.807, 2.05) is 37.3 Å². The molecular formula is C19H29N3O3S. The zero-order valence-corrected chi connectivity index (χ0v) is 16.2. The zero-order valence-electron chi connectivity index (χ0n) is 15.4. The van der Waals surface area contributed by atoms with Gasteiger partial charge in [-0.1, -0.05) is 36.8 Å². The molecule has 6 nitrogen and oxygen atoms in total. The normalized spacial score (nSPS) is 22.0. The number of carbonyl (C=O) groups excluding carboxylic acids is 1. The maximum absolute atomic E-state index is 12.7. The Labute approximate surface area is 156 Å². The summed E-state index contributed by atoms with van der Waals surface area (Å²) < 4.78 is 28.6. The molecule has 1 N–H and O–H groups in total. The van der Waals surface area contributed by atoms with E-state index in [-0.39, 0.29) is 17.9 Å². The van der Waals surface area contributed by atoms with Gasteiger partial charge in [-0.3, -0.25) is 4.79 Å². The first-order valence-electron chi connectivity index (χ1n) is 9.59. The van der Waals surface area contributed by atoms with Crippen LogP contribution in [0.2, 0.25) is 0 Å². The Kier molecular flexibility index (Phi) is 6.32. The van der Waals surface area contributed by atoms with Crippen molar-refractivity contribution < 1.29 is 13.2 Å². The molecule has 2 saturated heterocycles. The zero-order chi connectivity index (χ0) is 18.6. The summed E-state index contributed by atoms with van der Waals surface area (Å²) >= 11 is 0. The van der Waals surface area contributed by atoms with Crippen molar-refractivity contribution in [2.45, 2.75) is 45.1 Å². The second-order valence-electron chi connectivity index (χ2n) is 7.28. The monoisotopic (exact) mass is 379 g/mol. The van der Waals surface area contributed by atoms with Gasteiger partial charge in [-0.25, -0.2) is 0 Å². The van der Waals surface area contributed by atoms with Crippen molar-refractivity contribution in [2.24, 2.45) is 5.92 Å². The van der Waals surface area contributed by atoms with E-state index in [1.165, 1.54) is 0 Å². The molecule has 0 radical (unpaired) electrons. The van der Waals surface area contributed by atoms with Crippen LogP contribution in [0.1, 0.15) is 50.6 Å². The van der Waals surface area contributed by atoms with Crippen LogP contribution in [0.3, 0.4) is 0 Å². The summed E-state index contributed by atoms with van der Waals surface area (Å²) in [7, 11) is -3.37. The van der Waals surface area contributed by atoms with E-state index < -0.39 is 10.2 Å². The van der Waals surface area contributed by atoms with Crippen LogP contribution in [0.15, 0.2) is 30.3 Å². The van der Waals surface area contributed by atoms with Gasteiger partial charge in [0, 0.05) is 32.1 Å². The van der Waals surface area contributed by atoms with E-state index in [4.69, 9.17) is 0 Å². The average molecular weight is 380 g/mol. The van der Waals surface area contributed by atoms with Crippen LogP contribution in [0.4, 0.5) is 0 Å². The summed E-state index contributed by atoms with van der Waals surface area (Å²) in [5, 5.41) is 3.07. The molecule has 2 aliphatic rings. The molecule has 1 atom stereocenters. The Balaban J connectivity index is 1.52. The lowest BCUT2D eigenvalue weighted by atomic mass is 9.96. The first-order chi connectivity index (χ1) is 12.5. The van der Waals surface area contributed by atoms with E-state index in [9.17, 15) is 13.2 Å². The predicted molar refractivity (Wildman–Crippen MR) is 102 cm³/mol. The maximum atomic E-state index is 12.7. The number of piperidine rings is 2. The molecule has 1 amide bonds. The number of carbonyl (C=O) groups is 1. The van der Waals surface area contributed by atoms with Gasteiger partial charge in [0.25, 0.3) is 10.2 Å². The molecule has 0 spiro atoms. The molecule has 3 rings (SSSR count). The smallest absolute Gasteiger partial charge is 0.281 e. The highest BCUT2D eigenvalue weighted by Gasteiger charge is 2.35. The van der Waals surface area contributed by atoms with Crippen molar-refractivity contribution in [1.29, 1.82) is 0 Å². The molecule has 2 heterocycles. The molecule has 0 saturated carbocycles. The number of nitrogens with one attached hydrogen (secondary N) is 1. The minimum absolute atomic E-state index is 0.0244. The molecule has 0 aromatic heterocycles. The predicted octanol–water partition coefficient (Wildman–Crippen LogP) is 2.31. The highest BCUT2D eigenvalue weighted by atomic mass is 32.2. The van der Waals surface area contributed by atoms with Gasteiger partial charge in [0.05, 0.1) is 6.04 Å². The second-order valence-corrected chi connectivity index (χ2v) is 9.21. The van der Waals surface area contributed by atoms with Crippen molar-refractivity contribution >= 4 is 16.1 Å². The van der Waals surface area contributed by atoms with E-state index in [0.29, 0.717) is 39.0 Å². The molecule has 0 bridgehead atoms. The summed E-state index contributed by atoms with van der Waals surface area (Å²) in [6, 6.07) is 9.83. The van der Waals surface area contributed by atoms with E-state index in [2.05, 4.69) is 5.32 Å². The third-order valence-corrected chi connectivity index (χ3v) is 7.49. The Bertz CT molecular complexity index is 694. The second kappa shape index (κ2) is 8.50. The highest BCUT2D eigenvalue weighted by molar-refractivity contribution is 7.86. The lowest BCUT2D eigenvalue weighted by molar-refractivity contribution is -0.126. The summed E-state index contributed by atoms with van der Waals surface area (Å²) in [6.07, 6.45) is 4.15. The van der Waals surface area contributed by atoms with Gasteiger partial charge >= 0.3 is 0 Å². The van der Waals surface area contributed by atoms with Gasteiger partial charge in [0.1, 0.15) is 0 Å². The average Bonchev–Trinajstić information content (AvgIpc) is 2.69. The van der Waals surface area contributed by atoms with Gasteiger partial charge in [-0.2, -0.15) is 17.0 Å². The first kappa shape index (κ1) is 19.3. The van der Waals surface area contributed by atoms with E-state index >= 15 is 0 Å². The fourth-order valence-corrected chi connectivity index (χ4v) is 5.48. The van der Waals surface area contributed by atoms with Crippen LogP contribution in [0, 0.1) is 5.92 Å². The minimum atomic E-state index is -3.37. The van der Waals surface area contributed by atoms with Crippen molar-refractivity contribution in [3.63, 3.8) is 0 Å². The quantitative estimate of drug-likeness (QED) is 0.853. The third kappa shape index (κ3) is 4.45. The minimum Gasteiger partial charge on any atom is -0.349 e. The van der Waals surface area contributed by atoms with Gasteiger partial charge in [0.15, 0.2) is 0 Å². The largest absolute Gasteiger partial charge is 0.349 e. The van der Waals surface area contributed by atoms with Crippen molar-refractivity contribution in [1.82, 2.24) is 13.9 Å². The van der Waals surface area contributed by atoms with Crippen molar-refractivity contribution in [3.8, 4) is 0 Å². The summed E-state index contributed by atoms with van der Waals surface area (Å²) in [5.74, 6) is -0.0923. The summed E-state index contributed by atoms with van der Waals surface area (Å²) in [4.78, 5) is 12.6. The van der Waals surface area contributed by atoms with Gasteiger partial charge in [-0.05, 0) is 38.2 Å². The summed E-state index contributed by atoms with van der Waals surface area (Å²) in [6.45, 7) is 4.07. The van der Waals surface area contributed by atoms with Gasteiger partial charge in [-0.15, -0.1) is 0 Å². The Hall–Kier alpha value is -1.44. The molecule has 2 aliphatic heterocycles. The van der Waals surface area contributed by atoms with Crippen LogP contribution < -0.4 is 5.32 Å². The number of hydrogen-bond acceptors (Lipinski definition) is 3. The first-order valence-corrected chi connectivity index (χ1v) is 11.0. The highest BCUT2D eigenvalue weighted by Crippen LogP contribution is 2.24. The van der Waals surface area contributed by atoms with Crippen LogP contribution in [-0.2, 0) is 15.0 Å². The SMILES string of the molecule is C[C@H](NC(=O)C1CCN(S(=O)(=O)N2CCCCC2)CC1)c1ccccc1. The summed E-state index contributed by atoms with van der Waals surface area (Å²) in [5.41, 5.74) is 1.07. The fraction of sp³-hybridized carbons (Fsp3) is 0.632. The molecule has 144 valence electrons. The molecule has 7 heteroatoms. The number of amides is 1. The molecule has 1 aromatic carbocycles. The maximum Gasteiger partial charge on any atom is 0.281 e. The molecular weight excluding hydrogens is 350 g/mol. The molecule has 1 aromatic rings. The number of nitrogens with zero attached hydrogens (tertiary/aromatic N) is 2. The van der Waals surface area contributed by atoms with Crippen molar-refractivity contribution in [3.05, 3.63) is 35.9 Å². The Morgan fingerprint density at radius 3 is 2.19 bits per heavy atom. The lowest BCUT2D eigenvalue weighted by Gasteiger charge is -2.36. The van der Waals surface area contributed by atoms with Crippen LogP contribution in [0.5, 0.6) is 0 Å². The van der Waals surface area contributed by atoms with Crippen molar-refractivity contribution in [2.75, 3.05) is 26.2 Å². The Morgan fingerprint density at radius 2 is 1.58 bits per heavy atom. The molecule has 26 heavy (non-hydrogen) atoms. The van der Waals surface area contributed by atoms with Crippen LogP contribution in [-0.4, -0.2) is 49.1 Å². The van der Waals surface area contributed by atoms with Crippen LogP contribution in [0.25, 0.3) is 0 Å². The third-order valence-electron chi connectivity index (χ3n) is 5.45. The van der Waals surface area contributed by atoms with E-state index in [0.717, 1.165) is 24.8 Å². The number of rotatable bonds is 5. The molecule has 2 fully saturated rings. The van der Waals surface area contributed by atoms with Crippen LogP contribution >= 0.6 is 0 Å². The number of hydrogen-bond donors (Lipinski definition) is 1.